The van der Waals surface area contributed by atoms with E-state index in [2.05, 4.69) is 10.3 Å². The summed E-state index contributed by atoms with van der Waals surface area (Å²) < 4.78 is 28.0. The van der Waals surface area contributed by atoms with Crippen LogP contribution in [0.15, 0.2) is 77.7 Å². The van der Waals surface area contributed by atoms with Gasteiger partial charge in [-0.3, -0.25) is 0 Å². The minimum absolute atomic E-state index is 0.225. The minimum atomic E-state index is -3.81. The lowest BCUT2D eigenvalue weighted by atomic mass is 10.2. The summed E-state index contributed by atoms with van der Waals surface area (Å²) >= 11 is 0. The number of nitrogens with zero attached hydrogens (tertiary/aromatic N) is 2. The summed E-state index contributed by atoms with van der Waals surface area (Å²) in [5.41, 5.74) is 4.05. The molecular weight excluding hydrogens is 358 g/mol. The van der Waals surface area contributed by atoms with Crippen molar-refractivity contribution in [3.8, 4) is 0 Å². The molecule has 27 heavy (non-hydrogen) atoms. The molecule has 0 saturated heterocycles. The van der Waals surface area contributed by atoms with E-state index in [-0.39, 0.29) is 10.8 Å². The van der Waals surface area contributed by atoms with Gasteiger partial charge in [0.15, 0.2) is 0 Å². The predicted molar refractivity (Wildman–Crippen MR) is 108 cm³/mol. The van der Waals surface area contributed by atoms with E-state index in [1.807, 2.05) is 44.2 Å². The molecule has 0 radical (unpaired) electrons. The first-order chi connectivity index (χ1) is 12.9. The van der Waals surface area contributed by atoms with Crippen molar-refractivity contribution in [2.45, 2.75) is 18.7 Å². The van der Waals surface area contributed by atoms with Crippen molar-refractivity contribution < 1.29 is 8.42 Å². The van der Waals surface area contributed by atoms with E-state index in [0.717, 1.165) is 16.8 Å². The van der Waals surface area contributed by atoms with Crippen LogP contribution in [0.25, 0.3) is 11.0 Å². The second-order valence-electron chi connectivity index (χ2n) is 6.50. The number of benzene rings is 3. The van der Waals surface area contributed by atoms with E-state index in [9.17, 15) is 8.42 Å². The number of nitrogens with one attached hydrogen (secondary N) is 1. The number of para-hydroxylation sites is 2. The molecule has 0 aliphatic heterocycles. The lowest BCUT2D eigenvalue weighted by Crippen LogP contribution is -2.15. The first-order valence-corrected chi connectivity index (χ1v) is 10.0. The predicted octanol–water partition coefficient (Wildman–Crippen LogP) is 4.63. The summed E-state index contributed by atoms with van der Waals surface area (Å²) in [6.07, 6.45) is 0. The number of rotatable bonds is 4. The standard InChI is InChI=1S/C21H19N3O2S/c1-15-7-11-17(12-8-15)22-21-23-19-5-3-4-6-20(19)24(21)27(25,26)18-13-9-16(2)10-14-18/h3-14H,1-2H3,(H,22,23). The van der Waals surface area contributed by atoms with Crippen LogP contribution in [-0.2, 0) is 10.0 Å². The Balaban J connectivity index is 1.90. The van der Waals surface area contributed by atoms with Gasteiger partial charge in [-0.1, -0.05) is 47.5 Å². The normalized spacial score (nSPS) is 11.6. The molecule has 4 rings (SSSR count). The van der Waals surface area contributed by atoms with Crippen LogP contribution in [-0.4, -0.2) is 17.4 Å². The molecule has 5 nitrogen and oxygen atoms in total. The third-order valence-corrected chi connectivity index (χ3v) is 6.10. The van der Waals surface area contributed by atoms with Crippen LogP contribution in [0.1, 0.15) is 11.1 Å². The van der Waals surface area contributed by atoms with Gasteiger partial charge in [0.2, 0.25) is 5.95 Å². The Labute approximate surface area is 158 Å². The molecule has 0 atom stereocenters. The fourth-order valence-corrected chi connectivity index (χ4v) is 4.33. The summed E-state index contributed by atoms with van der Waals surface area (Å²) in [5, 5.41) is 3.15. The quantitative estimate of drug-likeness (QED) is 0.563. The van der Waals surface area contributed by atoms with Crippen LogP contribution >= 0.6 is 0 Å². The minimum Gasteiger partial charge on any atom is -0.325 e. The zero-order valence-corrected chi connectivity index (χ0v) is 15.9. The van der Waals surface area contributed by atoms with Gasteiger partial charge in [0.25, 0.3) is 10.0 Å². The second kappa shape index (κ2) is 6.55. The summed E-state index contributed by atoms with van der Waals surface area (Å²) in [5.74, 6) is 0.264. The number of hydrogen-bond donors (Lipinski definition) is 1. The fraction of sp³-hybridized carbons (Fsp3) is 0.0952. The van der Waals surface area contributed by atoms with Gasteiger partial charge in [0.1, 0.15) is 0 Å². The number of imidazole rings is 1. The first-order valence-electron chi connectivity index (χ1n) is 8.58. The number of fused-ring (bicyclic) bond motifs is 1. The van der Waals surface area contributed by atoms with Gasteiger partial charge in [-0.25, -0.2) is 17.4 Å². The molecule has 0 unspecified atom stereocenters. The number of anilines is 2. The second-order valence-corrected chi connectivity index (χ2v) is 8.28. The lowest BCUT2D eigenvalue weighted by molar-refractivity contribution is 0.589. The molecule has 0 aliphatic carbocycles. The maximum Gasteiger partial charge on any atom is 0.271 e. The van der Waals surface area contributed by atoms with E-state index in [1.165, 1.54) is 3.97 Å². The molecule has 3 aromatic carbocycles. The molecule has 0 amide bonds. The Kier molecular flexibility index (Phi) is 4.20. The lowest BCUT2D eigenvalue weighted by Gasteiger charge is -2.12. The average Bonchev–Trinajstić information content (AvgIpc) is 3.02. The molecule has 1 N–H and O–H groups in total. The molecule has 0 fully saturated rings. The zero-order valence-electron chi connectivity index (χ0n) is 15.0. The Hall–Kier alpha value is -3.12. The van der Waals surface area contributed by atoms with Crippen molar-refractivity contribution in [1.82, 2.24) is 8.96 Å². The van der Waals surface area contributed by atoms with E-state index in [4.69, 9.17) is 0 Å². The van der Waals surface area contributed by atoms with Crippen LogP contribution in [0.5, 0.6) is 0 Å². The number of aryl methyl sites for hydroxylation is 2. The van der Waals surface area contributed by atoms with Crippen molar-refractivity contribution >= 4 is 32.7 Å². The Bertz CT molecular complexity index is 1210. The molecule has 1 aromatic heterocycles. The van der Waals surface area contributed by atoms with Gasteiger partial charge >= 0.3 is 0 Å². The third-order valence-electron chi connectivity index (χ3n) is 4.39. The Morgan fingerprint density at radius 1 is 0.815 bits per heavy atom. The average molecular weight is 377 g/mol. The summed E-state index contributed by atoms with van der Waals surface area (Å²) in [4.78, 5) is 4.74. The molecular formula is C21H19N3O2S. The Morgan fingerprint density at radius 2 is 1.41 bits per heavy atom. The van der Waals surface area contributed by atoms with Crippen LogP contribution in [0.3, 0.4) is 0 Å². The number of aromatic nitrogens is 2. The van der Waals surface area contributed by atoms with Gasteiger partial charge in [-0.15, -0.1) is 0 Å². The van der Waals surface area contributed by atoms with Crippen LogP contribution in [0.4, 0.5) is 11.6 Å². The number of hydrogen-bond acceptors (Lipinski definition) is 4. The van der Waals surface area contributed by atoms with Crippen molar-refractivity contribution in [3.63, 3.8) is 0 Å². The molecule has 1 heterocycles. The smallest absolute Gasteiger partial charge is 0.271 e. The van der Waals surface area contributed by atoms with Crippen LogP contribution in [0, 0.1) is 13.8 Å². The van der Waals surface area contributed by atoms with Gasteiger partial charge in [-0.05, 0) is 50.2 Å². The SMILES string of the molecule is Cc1ccc(Nc2nc3ccccc3n2S(=O)(=O)c2ccc(C)cc2)cc1. The molecule has 0 bridgehead atoms. The first kappa shape index (κ1) is 17.3. The highest BCUT2D eigenvalue weighted by Gasteiger charge is 2.24. The summed E-state index contributed by atoms with van der Waals surface area (Å²) in [6, 6.07) is 21.8. The molecule has 6 heteroatoms. The monoisotopic (exact) mass is 377 g/mol. The fourth-order valence-electron chi connectivity index (χ4n) is 2.91. The molecule has 0 aliphatic rings. The van der Waals surface area contributed by atoms with Crippen molar-refractivity contribution in [2.24, 2.45) is 0 Å². The Morgan fingerprint density at radius 3 is 2.07 bits per heavy atom. The van der Waals surface area contributed by atoms with Gasteiger partial charge in [0.05, 0.1) is 15.9 Å². The highest BCUT2D eigenvalue weighted by atomic mass is 32.2. The molecule has 136 valence electrons. The topological polar surface area (TPSA) is 64.0 Å². The van der Waals surface area contributed by atoms with Gasteiger partial charge in [0, 0.05) is 5.69 Å². The van der Waals surface area contributed by atoms with Crippen molar-refractivity contribution in [1.29, 1.82) is 0 Å². The van der Waals surface area contributed by atoms with E-state index in [1.54, 1.807) is 42.5 Å². The van der Waals surface area contributed by atoms with Gasteiger partial charge in [-0.2, -0.15) is 0 Å². The largest absolute Gasteiger partial charge is 0.325 e. The van der Waals surface area contributed by atoms with E-state index in [0.29, 0.717) is 11.0 Å². The van der Waals surface area contributed by atoms with Gasteiger partial charge < -0.3 is 5.32 Å². The van der Waals surface area contributed by atoms with Crippen LogP contribution < -0.4 is 5.32 Å². The molecule has 0 spiro atoms. The molecule has 0 saturated carbocycles. The summed E-state index contributed by atoms with van der Waals surface area (Å²) in [6.45, 7) is 3.92. The third kappa shape index (κ3) is 3.19. The maximum absolute atomic E-state index is 13.4. The van der Waals surface area contributed by atoms with Crippen molar-refractivity contribution in [2.75, 3.05) is 5.32 Å². The van der Waals surface area contributed by atoms with E-state index >= 15 is 0 Å². The van der Waals surface area contributed by atoms with E-state index < -0.39 is 10.0 Å². The van der Waals surface area contributed by atoms with Crippen molar-refractivity contribution in [3.05, 3.63) is 83.9 Å². The zero-order chi connectivity index (χ0) is 19.0. The molecule has 4 aromatic rings. The summed E-state index contributed by atoms with van der Waals surface area (Å²) in [7, 11) is -3.81. The maximum atomic E-state index is 13.4. The highest BCUT2D eigenvalue weighted by Crippen LogP contribution is 2.28. The van der Waals surface area contributed by atoms with Crippen LogP contribution in [0.2, 0.25) is 0 Å². The highest BCUT2D eigenvalue weighted by molar-refractivity contribution is 7.90.